The molecule has 1 rings (SSSR count). The smallest absolute Gasteiger partial charge is 0.233 e. The monoisotopic (exact) mass is 151 g/mol. The number of terminal acetylenes is 1. The van der Waals surface area contributed by atoms with Gasteiger partial charge in [0.2, 0.25) is 11.8 Å². The van der Waals surface area contributed by atoms with E-state index in [4.69, 9.17) is 6.42 Å². The molecule has 1 saturated heterocycles. The number of likely N-dealkylation sites (tertiary alicyclic amines) is 1. The standard InChI is InChI=1S/C8H9NO2/c1-3-4-9-7(10)5-6(2)8(9)11/h1,6H,4-5H2,2H3. The van der Waals surface area contributed by atoms with Gasteiger partial charge < -0.3 is 0 Å². The molecule has 0 aromatic rings. The lowest BCUT2D eigenvalue weighted by Gasteiger charge is -2.08. The van der Waals surface area contributed by atoms with Crippen LogP contribution in [0, 0.1) is 18.3 Å². The number of carbonyl (C=O) groups excluding carboxylic acids is 2. The lowest BCUT2D eigenvalue weighted by Crippen LogP contribution is -2.30. The van der Waals surface area contributed by atoms with E-state index in [1.807, 2.05) is 0 Å². The second kappa shape index (κ2) is 2.75. The van der Waals surface area contributed by atoms with E-state index in [0.717, 1.165) is 4.90 Å². The van der Waals surface area contributed by atoms with E-state index in [1.54, 1.807) is 6.92 Å². The summed E-state index contributed by atoms with van der Waals surface area (Å²) in [5, 5.41) is 0. The van der Waals surface area contributed by atoms with Crippen LogP contribution in [0.3, 0.4) is 0 Å². The van der Waals surface area contributed by atoms with Gasteiger partial charge in [0.25, 0.3) is 0 Å². The molecule has 3 heteroatoms. The largest absolute Gasteiger partial charge is 0.274 e. The number of imide groups is 1. The van der Waals surface area contributed by atoms with Crippen LogP contribution in [-0.4, -0.2) is 23.3 Å². The van der Waals surface area contributed by atoms with Crippen LogP contribution >= 0.6 is 0 Å². The molecule has 1 fully saturated rings. The maximum atomic E-state index is 11.1. The van der Waals surface area contributed by atoms with E-state index in [0.29, 0.717) is 6.42 Å². The molecule has 1 unspecified atom stereocenters. The van der Waals surface area contributed by atoms with Crippen LogP contribution in [0.15, 0.2) is 0 Å². The molecule has 2 amide bonds. The summed E-state index contributed by atoms with van der Waals surface area (Å²) in [6.07, 6.45) is 5.29. The van der Waals surface area contributed by atoms with E-state index in [2.05, 4.69) is 5.92 Å². The van der Waals surface area contributed by atoms with Crippen molar-refractivity contribution >= 4 is 11.8 Å². The van der Waals surface area contributed by atoms with Gasteiger partial charge in [-0.25, -0.2) is 0 Å². The van der Waals surface area contributed by atoms with Gasteiger partial charge in [-0.2, -0.15) is 0 Å². The molecule has 0 bridgehead atoms. The molecule has 11 heavy (non-hydrogen) atoms. The maximum Gasteiger partial charge on any atom is 0.233 e. The third-order valence-electron chi connectivity index (χ3n) is 1.72. The molecule has 58 valence electrons. The van der Waals surface area contributed by atoms with Crippen molar-refractivity contribution in [3.63, 3.8) is 0 Å². The third-order valence-corrected chi connectivity index (χ3v) is 1.72. The van der Waals surface area contributed by atoms with Crippen molar-refractivity contribution in [2.24, 2.45) is 5.92 Å². The summed E-state index contributed by atoms with van der Waals surface area (Å²) in [5.41, 5.74) is 0. The summed E-state index contributed by atoms with van der Waals surface area (Å²) < 4.78 is 0. The Labute approximate surface area is 65.4 Å². The Morgan fingerprint density at radius 1 is 1.73 bits per heavy atom. The first-order valence-corrected chi connectivity index (χ1v) is 3.44. The summed E-state index contributed by atoms with van der Waals surface area (Å²) in [5.74, 6) is 1.79. The van der Waals surface area contributed by atoms with Gasteiger partial charge in [0.15, 0.2) is 0 Å². The molecule has 0 aromatic carbocycles. The highest BCUT2D eigenvalue weighted by molar-refractivity contribution is 6.03. The van der Waals surface area contributed by atoms with Crippen LogP contribution in [0.2, 0.25) is 0 Å². The number of carbonyl (C=O) groups is 2. The molecule has 1 heterocycles. The van der Waals surface area contributed by atoms with Crippen LogP contribution in [0.4, 0.5) is 0 Å². The first-order valence-electron chi connectivity index (χ1n) is 3.44. The molecule has 0 spiro atoms. The number of amides is 2. The molecule has 0 saturated carbocycles. The summed E-state index contributed by atoms with van der Waals surface area (Å²) in [4.78, 5) is 23.2. The highest BCUT2D eigenvalue weighted by atomic mass is 16.2. The summed E-state index contributed by atoms with van der Waals surface area (Å²) in [7, 11) is 0. The highest BCUT2D eigenvalue weighted by Crippen LogP contribution is 2.17. The van der Waals surface area contributed by atoms with Crippen LogP contribution < -0.4 is 0 Å². The SMILES string of the molecule is C#CCN1C(=O)CC(C)C1=O. The molecule has 0 aromatic heterocycles. The van der Waals surface area contributed by atoms with Gasteiger partial charge in [-0.05, 0) is 0 Å². The van der Waals surface area contributed by atoms with Crippen molar-refractivity contribution < 1.29 is 9.59 Å². The van der Waals surface area contributed by atoms with Gasteiger partial charge in [-0.1, -0.05) is 12.8 Å². The van der Waals surface area contributed by atoms with Gasteiger partial charge in [0, 0.05) is 12.3 Å². The summed E-state index contributed by atoms with van der Waals surface area (Å²) in [6, 6.07) is 0. The molecule has 0 radical (unpaired) electrons. The molecular weight excluding hydrogens is 142 g/mol. The quantitative estimate of drug-likeness (QED) is 0.391. The van der Waals surface area contributed by atoms with Crippen LogP contribution in [0.5, 0.6) is 0 Å². The van der Waals surface area contributed by atoms with Crippen molar-refractivity contribution in [3.05, 3.63) is 0 Å². The molecule has 0 aliphatic carbocycles. The van der Waals surface area contributed by atoms with Crippen molar-refractivity contribution in [2.45, 2.75) is 13.3 Å². The van der Waals surface area contributed by atoms with Gasteiger partial charge in [-0.3, -0.25) is 14.5 Å². The lowest BCUT2D eigenvalue weighted by molar-refractivity contribution is -0.138. The molecule has 0 N–H and O–H groups in total. The molecular formula is C8H9NO2. The van der Waals surface area contributed by atoms with Gasteiger partial charge in [-0.15, -0.1) is 6.42 Å². The number of nitrogens with zero attached hydrogens (tertiary/aromatic N) is 1. The molecule has 1 aliphatic rings. The van der Waals surface area contributed by atoms with Crippen molar-refractivity contribution in [1.29, 1.82) is 0 Å². The zero-order chi connectivity index (χ0) is 8.43. The van der Waals surface area contributed by atoms with Crippen LogP contribution in [0.1, 0.15) is 13.3 Å². The van der Waals surface area contributed by atoms with E-state index in [9.17, 15) is 9.59 Å². The normalized spacial score (nSPS) is 24.0. The van der Waals surface area contributed by atoms with Gasteiger partial charge >= 0.3 is 0 Å². The topological polar surface area (TPSA) is 37.4 Å². The Morgan fingerprint density at radius 3 is 2.73 bits per heavy atom. The summed E-state index contributed by atoms with van der Waals surface area (Å²) >= 11 is 0. The summed E-state index contributed by atoms with van der Waals surface area (Å²) in [6.45, 7) is 1.85. The number of hydrogen-bond donors (Lipinski definition) is 0. The van der Waals surface area contributed by atoms with E-state index >= 15 is 0 Å². The number of hydrogen-bond acceptors (Lipinski definition) is 2. The fraction of sp³-hybridized carbons (Fsp3) is 0.500. The van der Waals surface area contributed by atoms with Gasteiger partial charge in [0.1, 0.15) is 0 Å². The van der Waals surface area contributed by atoms with Crippen LogP contribution in [-0.2, 0) is 9.59 Å². The van der Waals surface area contributed by atoms with E-state index in [-0.39, 0.29) is 24.3 Å². The molecule has 1 atom stereocenters. The van der Waals surface area contributed by atoms with Crippen molar-refractivity contribution in [3.8, 4) is 12.3 Å². The predicted molar refractivity (Wildman–Crippen MR) is 39.3 cm³/mol. The zero-order valence-corrected chi connectivity index (χ0v) is 6.33. The Kier molecular flexibility index (Phi) is 1.95. The van der Waals surface area contributed by atoms with E-state index in [1.165, 1.54) is 0 Å². The fourth-order valence-corrected chi connectivity index (χ4v) is 1.11. The second-order valence-corrected chi connectivity index (χ2v) is 2.63. The van der Waals surface area contributed by atoms with Gasteiger partial charge in [0.05, 0.1) is 6.54 Å². The average Bonchev–Trinajstić information content (AvgIpc) is 2.17. The average molecular weight is 151 g/mol. The number of rotatable bonds is 1. The first kappa shape index (κ1) is 7.80. The molecule has 3 nitrogen and oxygen atoms in total. The third kappa shape index (κ3) is 1.25. The maximum absolute atomic E-state index is 11.1. The van der Waals surface area contributed by atoms with Crippen LogP contribution in [0.25, 0.3) is 0 Å². The Hall–Kier alpha value is -1.30. The zero-order valence-electron chi connectivity index (χ0n) is 6.33. The first-order chi connectivity index (χ1) is 5.16. The minimum Gasteiger partial charge on any atom is -0.274 e. The fourth-order valence-electron chi connectivity index (χ4n) is 1.11. The lowest BCUT2D eigenvalue weighted by atomic mass is 10.1. The van der Waals surface area contributed by atoms with Crippen molar-refractivity contribution in [1.82, 2.24) is 4.90 Å². The van der Waals surface area contributed by atoms with E-state index < -0.39 is 0 Å². The Morgan fingerprint density at radius 2 is 2.36 bits per heavy atom. The minimum absolute atomic E-state index is 0.113. The Balaban J connectivity index is 2.73. The predicted octanol–water partition coefficient (Wildman–Crippen LogP) is 0.0146. The minimum atomic E-state index is -0.184. The highest BCUT2D eigenvalue weighted by Gasteiger charge is 2.34. The van der Waals surface area contributed by atoms with Crippen molar-refractivity contribution in [2.75, 3.05) is 6.54 Å². The second-order valence-electron chi connectivity index (χ2n) is 2.63. The Bertz CT molecular complexity index is 239. The molecule has 1 aliphatic heterocycles.